The molecule has 0 radical (unpaired) electrons. The van der Waals surface area contributed by atoms with Crippen LogP contribution in [0.15, 0.2) is 42.6 Å². The molecule has 0 aliphatic carbocycles. The van der Waals surface area contributed by atoms with Crippen molar-refractivity contribution in [1.29, 1.82) is 0 Å². The van der Waals surface area contributed by atoms with E-state index in [1.807, 2.05) is 19.1 Å². The molecule has 2 heterocycles. The minimum absolute atomic E-state index is 0.0278. The highest BCUT2D eigenvalue weighted by molar-refractivity contribution is 5.94. The van der Waals surface area contributed by atoms with E-state index < -0.39 is 35.1 Å². The van der Waals surface area contributed by atoms with Crippen LogP contribution in [0.25, 0.3) is 0 Å². The normalized spacial score (nSPS) is 13.0. The number of ether oxygens (including phenoxy) is 1. The molecular formula is C24H27F3N4O3. The zero-order valence-electron chi connectivity index (χ0n) is 19.6. The highest BCUT2D eigenvalue weighted by atomic mass is 19.4. The van der Waals surface area contributed by atoms with E-state index in [-0.39, 0.29) is 23.7 Å². The van der Waals surface area contributed by atoms with Crippen molar-refractivity contribution in [3.63, 3.8) is 0 Å². The molecule has 1 amide bonds. The molecule has 3 rings (SSSR count). The lowest BCUT2D eigenvalue weighted by molar-refractivity contribution is -0.138. The molecule has 0 bridgehead atoms. The summed E-state index contributed by atoms with van der Waals surface area (Å²) in [6, 6.07) is 8.67. The Labute approximate surface area is 195 Å². The Bertz CT molecular complexity index is 1170. The molecule has 2 aromatic heterocycles. The minimum atomic E-state index is -4.67. The molecular weight excluding hydrogens is 449 g/mol. The number of rotatable bonds is 6. The number of amides is 1. The van der Waals surface area contributed by atoms with Crippen LogP contribution >= 0.6 is 0 Å². The number of hydrogen-bond donors (Lipinski definition) is 2. The predicted octanol–water partition coefficient (Wildman–Crippen LogP) is 4.92. The Balaban J connectivity index is 2.00. The summed E-state index contributed by atoms with van der Waals surface area (Å²) in [4.78, 5) is 16.8. The molecule has 2 N–H and O–H groups in total. The van der Waals surface area contributed by atoms with Crippen LogP contribution in [0.4, 0.5) is 13.2 Å². The number of nitrogens with zero attached hydrogens (tertiary/aromatic N) is 3. The third-order valence-corrected chi connectivity index (χ3v) is 5.16. The monoisotopic (exact) mass is 476 g/mol. The van der Waals surface area contributed by atoms with Gasteiger partial charge in [0.05, 0.1) is 18.2 Å². The van der Waals surface area contributed by atoms with Crippen LogP contribution in [0.5, 0.6) is 11.8 Å². The fourth-order valence-electron chi connectivity index (χ4n) is 3.31. The van der Waals surface area contributed by atoms with Crippen LogP contribution in [-0.4, -0.2) is 32.4 Å². The smallest absolute Gasteiger partial charge is 0.420 e. The van der Waals surface area contributed by atoms with Crippen LogP contribution in [0.3, 0.4) is 0 Å². The fourth-order valence-corrected chi connectivity index (χ4v) is 3.31. The molecule has 1 unspecified atom stereocenters. The van der Waals surface area contributed by atoms with Crippen LogP contribution in [0.2, 0.25) is 0 Å². The number of aliphatic hydroxyl groups excluding tert-OH is 1. The van der Waals surface area contributed by atoms with Crippen LogP contribution in [-0.2, 0) is 11.7 Å². The van der Waals surface area contributed by atoms with Crippen molar-refractivity contribution in [3.05, 3.63) is 70.5 Å². The molecule has 10 heteroatoms. The Morgan fingerprint density at radius 1 is 1.15 bits per heavy atom. The lowest BCUT2D eigenvalue weighted by Gasteiger charge is -2.22. The van der Waals surface area contributed by atoms with E-state index in [0.29, 0.717) is 5.56 Å². The number of aromatic nitrogens is 3. The highest BCUT2D eigenvalue weighted by Crippen LogP contribution is 2.38. The summed E-state index contributed by atoms with van der Waals surface area (Å²) in [5.41, 5.74) is 0.183. The SMILES string of the molecule is Cc1ccc(C(CO)NC(=O)c2nn(C(C)(C)C)c(Oc3ncccc3C(F)(F)F)c2C)cc1. The number of hydrogen-bond acceptors (Lipinski definition) is 5. The van der Waals surface area contributed by atoms with Gasteiger partial charge in [-0.25, -0.2) is 9.67 Å². The zero-order chi connectivity index (χ0) is 25.3. The largest absolute Gasteiger partial charge is 0.421 e. The highest BCUT2D eigenvalue weighted by Gasteiger charge is 2.37. The molecule has 0 aliphatic rings. The van der Waals surface area contributed by atoms with Crippen LogP contribution < -0.4 is 10.1 Å². The van der Waals surface area contributed by atoms with Gasteiger partial charge in [-0.1, -0.05) is 29.8 Å². The molecule has 182 valence electrons. The average molecular weight is 476 g/mol. The Morgan fingerprint density at radius 2 is 1.79 bits per heavy atom. The van der Waals surface area contributed by atoms with E-state index in [2.05, 4.69) is 15.4 Å². The quantitative estimate of drug-likeness (QED) is 0.527. The van der Waals surface area contributed by atoms with Crippen LogP contribution in [0, 0.1) is 13.8 Å². The van der Waals surface area contributed by atoms with Crippen molar-refractivity contribution < 1.29 is 27.8 Å². The predicted molar refractivity (Wildman–Crippen MR) is 120 cm³/mol. The van der Waals surface area contributed by atoms with Gasteiger partial charge < -0.3 is 15.2 Å². The van der Waals surface area contributed by atoms with Crippen molar-refractivity contribution in [1.82, 2.24) is 20.1 Å². The van der Waals surface area contributed by atoms with Gasteiger partial charge in [-0.2, -0.15) is 18.3 Å². The number of pyridine rings is 1. The van der Waals surface area contributed by atoms with Gasteiger partial charge >= 0.3 is 6.18 Å². The zero-order valence-corrected chi connectivity index (χ0v) is 19.6. The van der Waals surface area contributed by atoms with Crippen molar-refractivity contribution in [2.75, 3.05) is 6.61 Å². The van der Waals surface area contributed by atoms with Gasteiger partial charge in [0.1, 0.15) is 5.56 Å². The van der Waals surface area contributed by atoms with Gasteiger partial charge in [0.25, 0.3) is 5.91 Å². The Kier molecular flexibility index (Phi) is 7.02. The van der Waals surface area contributed by atoms with Crippen LogP contribution in [0.1, 0.15) is 59.6 Å². The average Bonchev–Trinajstić information content (AvgIpc) is 3.09. The number of aryl methyl sites for hydroxylation is 1. The topological polar surface area (TPSA) is 89.3 Å². The molecule has 0 aliphatic heterocycles. The number of alkyl halides is 3. The van der Waals surface area contributed by atoms with E-state index in [9.17, 15) is 23.1 Å². The Hall–Kier alpha value is -3.40. The molecule has 0 fully saturated rings. The van der Waals surface area contributed by atoms with Crippen molar-refractivity contribution >= 4 is 5.91 Å². The molecule has 34 heavy (non-hydrogen) atoms. The summed E-state index contributed by atoms with van der Waals surface area (Å²) < 4.78 is 47.4. The fraction of sp³-hybridized carbons (Fsp3) is 0.375. The lowest BCUT2D eigenvalue weighted by Crippen LogP contribution is -2.32. The van der Waals surface area contributed by atoms with Gasteiger partial charge in [-0.15, -0.1) is 0 Å². The number of benzene rings is 1. The summed E-state index contributed by atoms with van der Waals surface area (Å²) in [6.45, 7) is 8.45. The first-order valence-electron chi connectivity index (χ1n) is 10.6. The maximum atomic E-state index is 13.5. The molecule has 1 aromatic carbocycles. The molecule has 0 saturated carbocycles. The molecule has 1 atom stereocenters. The first-order valence-corrected chi connectivity index (χ1v) is 10.6. The van der Waals surface area contributed by atoms with E-state index in [1.54, 1.807) is 32.9 Å². The second kappa shape index (κ2) is 9.46. The van der Waals surface area contributed by atoms with E-state index >= 15 is 0 Å². The molecule has 3 aromatic rings. The molecule has 0 spiro atoms. The second-order valence-corrected chi connectivity index (χ2v) is 8.94. The third kappa shape index (κ3) is 5.39. The second-order valence-electron chi connectivity index (χ2n) is 8.94. The number of carbonyl (C=O) groups is 1. The Morgan fingerprint density at radius 3 is 2.35 bits per heavy atom. The summed E-state index contributed by atoms with van der Waals surface area (Å²) in [7, 11) is 0. The number of nitrogens with one attached hydrogen (secondary N) is 1. The summed E-state index contributed by atoms with van der Waals surface area (Å²) in [5, 5.41) is 16.9. The maximum absolute atomic E-state index is 13.5. The van der Waals surface area contributed by atoms with Gasteiger partial charge in [0.15, 0.2) is 5.69 Å². The van der Waals surface area contributed by atoms with E-state index in [4.69, 9.17) is 4.74 Å². The lowest BCUT2D eigenvalue weighted by atomic mass is 10.1. The number of carbonyl (C=O) groups excluding carboxylic acids is 1. The van der Waals surface area contributed by atoms with Gasteiger partial charge in [-0.3, -0.25) is 4.79 Å². The maximum Gasteiger partial charge on any atom is 0.421 e. The van der Waals surface area contributed by atoms with Gasteiger partial charge in [0.2, 0.25) is 11.8 Å². The first-order chi connectivity index (χ1) is 15.8. The summed E-state index contributed by atoms with van der Waals surface area (Å²) in [6.07, 6.45) is -3.48. The molecule has 0 saturated heterocycles. The van der Waals surface area contributed by atoms with Crippen molar-refractivity contribution in [3.8, 4) is 11.8 Å². The van der Waals surface area contributed by atoms with E-state index in [1.165, 1.54) is 23.9 Å². The third-order valence-electron chi connectivity index (χ3n) is 5.16. The van der Waals surface area contributed by atoms with Gasteiger partial charge in [0, 0.05) is 11.8 Å². The summed E-state index contributed by atoms with van der Waals surface area (Å²) in [5.74, 6) is -1.26. The minimum Gasteiger partial charge on any atom is -0.420 e. The number of aliphatic hydroxyl groups is 1. The van der Waals surface area contributed by atoms with Gasteiger partial charge in [-0.05, 0) is 52.3 Å². The van der Waals surface area contributed by atoms with E-state index in [0.717, 1.165) is 11.6 Å². The van der Waals surface area contributed by atoms with Crippen molar-refractivity contribution in [2.45, 2.75) is 52.4 Å². The number of halogens is 3. The summed E-state index contributed by atoms with van der Waals surface area (Å²) >= 11 is 0. The first kappa shape index (κ1) is 25.2. The van der Waals surface area contributed by atoms with Crippen molar-refractivity contribution in [2.24, 2.45) is 0 Å². The standard InChI is InChI=1S/C24H27F3N4O3/c1-14-8-10-16(11-9-14)18(13-32)29-20(33)19-15(2)22(31(30-19)23(3,4)5)34-21-17(24(25,26)27)7-6-12-28-21/h6-12,18,32H,13H2,1-5H3,(H,29,33). The molecule has 7 nitrogen and oxygen atoms in total.